The minimum absolute atomic E-state index is 0.0684. The molecule has 134 valence electrons. The Hall–Kier alpha value is -2.09. The van der Waals surface area contributed by atoms with E-state index in [9.17, 15) is 9.18 Å². The molecule has 0 bridgehead atoms. The van der Waals surface area contributed by atoms with E-state index in [0.29, 0.717) is 17.0 Å². The number of nitrogen functional groups attached to an aromatic ring is 1. The molecule has 1 aromatic carbocycles. The van der Waals surface area contributed by atoms with Crippen molar-refractivity contribution in [2.75, 3.05) is 24.7 Å². The molecule has 1 fully saturated rings. The summed E-state index contributed by atoms with van der Waals surface area (Å²) in [6.07, 6.45) is 1.15. The van der Waals surface area contributed by atoms with Crippen LogP contribution in [0.5, 0.6) is 0 Å². The van der Waals surface area contributed by atoms with Gasteiger partial charge in [0.1, 0.15) is 5.82 Å². The number of aromatic nitrogens is 3. The molecule has 2 aromatic rings. The van der Waals surface area contributed by atoms with Gasteiger partial charge in [0.05, 0.1) is 11.3 Å². The number of likely N-dealkylation sites (tertiary alicyclic amines) is 1. The molecule has 6 nitrogen and oxygen atoms in total. The monoisotopic (exact) mass is 363 g/mol. The minimum Gasteiger partial charge on any atom is -0.341 e. The number of halogens is 1. The zero-order valence-electron chi connectivity index (χ0n) is 14.4. The third kappa shape index (κ3) is 3.95. The number of amides is 1. The van der Waals surface area contributed by atoms with E-state index in [-0.39, 0.29) is 23.0 Å². The van der Waals surface area contributed by atoms with Gasteiger partial charge in [-0.1, -0.05) is 37.7 Å². The van der Waals surface area contributed by atoms with Crippen molar-refractivity contribution in [2.24, 2.45) is 11.8 Å². The molecule has 25 heavy (non-hydrogen) atoms. The summed E-state index contributed by atoms with van der Waals surface area (Å²) in [5, 5.41) is 8.35. The number of nitrogens with two attached hydrogens (primary N) is 1. The largest absolute Gasteiger partial charge is 0.341 e. The number of piperidine rings is 1. The maximum atomic E-state index is 13.9. The molecule has 2 N–H and O–H groups in total. The van der Waals surface area contributed by atoms with E-state index in [2.05, 4.69) is 24.0 Å². The second kappa shape index (κ2) is 7.43. The van der Waals surface area contributed by atoms with Crippen molar-refractivity contribution >= 4 is 17.7 Å². The summed E-state index contributed by atoms with van der Waals surface area (Å²) in [6.45, 7) is 5.92. The molecule has 1 amide bonds. The Morgan fingerprint density at radius 1 is 1.28 bits per heavy atom. The van der Waals surface area contributed by atoms with E-state index in [4.69, 9.17) is 5.84 Å². The van der Waals surface area contributed by atoms with Crippen LogP contribution >= 0.6 is 11.8 Å². The number of benzene rings is 1. The molecule has 3 rings (SSSR count). The van der Waals surface area contributed by atoms with Gasteiger partial charge in [-0.3, -0.25) is 4.79 Å². The fourth-order valence-corrected chi connectivity index (χ4v) is 4.05. The molecule has 1 aliphatic rings. The molecule has 0 aliphatic carbocycles. The summed E-state index contributed by atoms with van der Waals surface area (Å²) in [4.78, 5) is 14.4. The maximum Gasteiger partial charge on any atom is 0.233 e. The van der Waals surface area contributed by atoms with Crippen LogP contribution < -0.4 is 5.84 Å². The lowest BCUT2D eigenvalue weighted by Gasteiger charge is -2.34. The van der Waals surface area contributed by atoms with Crippen LogP contribution in [0.15, 0.2) is 29.4 Å². The van der Waals surface area contributed by atoms with Gasteiger partial charge in [0.2, 0.25) is 11.1 Å². The van der Waals surface area contributed by atoms with Gasteiger partial charge in [0.15, 0.2) is 5.82 Å². The first-order chi connectivity index (χ1) is 12.0. The Balaban J connectivity index is 1.66. The van der Waals surface area contributed by atoms with Gasteiger partial charge in [-0.25, -0.2) is 9.07 Å². The van der Waals surface area contributed by atoms with Crippen LogP contribution in [0.4, 0.5) is 4.39 Å². The lowest BCUT2D eigenvalue weighted by molar-refractivity contribution is -0.130. The van der Waals surface area contributed by atoms with Gasteiger partial charge in [-0.2, -0.15) is 0 Å². The third-order valence-corrected chi connectivity index (χ3v) is 5.25. The standard InChI is InChI=1S/C17H22FN5OS/c1-11-7-12(2)9-22(8-11)15(24)10-25-17-21-20-16(23(17)19)13-5-3-4-6-14(13)18/h3-6,11-12H,7-10,19H2,1-2H3. The SMILES string of the molecule is CC1CC(C)CN(C(=O)CSc2nnc(-c3ccccc3F)n2N)C1. The average Bonchev–Trinajstić information content (AvgIpc) is 2.93. The lowest BCUT2D eigenvalue weighted by atomic mass is 9.92. The van der Waals surface area contributed by atoms with E-state index in [0.717, 1.165) is 19.5 Å². The van der Waals surface area contributed by atoms with Gasteiger partial charge < -0.3 is 10.7 Å². The molecule has 0 radical (unpaired) electrons. The van der Waals surface area contributed by atoms with E-state index < -0.39 is 5.82 Å². The van der Waals surface area contributed by atoms with Gasteiger partial charge in [-0.15, -0.1) is 10.2 Å². The first-order valence-corrected chi connectivity index (χ1v) is 9.30. The molecule has 2 atom stereocenters. The highest BCUT2D eigenvalue weighted by atomic mass is 32.2. The van der Waals surface area contributed by atoms with Gasteiger partial charge >= 0.3 is 0 Å². The minimum atomic E-state index is -0.412. The van der Waals surface area contributed by atoms with Crippen LogP contribution in [-0.2, 0) is 4.79 Å². The summed E-state index contributed by atoms with van der Waals surface area (Å²) in [5.41, 5.74) is 0.286. The molecule has 2 unspecified atom stereocenters. The first kappa shape index (κ1) is 17.7. The quantitative estimate of drug-likeness (QED) is 0.667. The van der Waals surface area contributed by atoms with Crippen molar-refractivity contribution in [1.29, 1.82) is 0 Å². The topological polar surface area (TPSA) is 77.0 Å². The molecular formula is C17H22FN5OS. The zero-order chi connectivity index (χ0) is 18.0. The zero-order valence-corrected chi connectivity index (χ0v) is 15.2. The molecule has 8 heteroatoms. The second-order valence-corrected chi connectivity index (χ2v) is 7.63. The van der Waals surface area contributed by atoms with Gasteiger partial charge in [0.25, 0.3) is 0 Å². The number of hydrogen-bond acceptors (Lipinski definition) is 5. The highest BCUT2D eigenvalue weighted by molar-refractivity contribution is 7.99. The van der Waals surface area contributed by atoms with E-state index in [1.54, 1.807) is 18.2 Å². The Labute approximate surface area is 150 Å². The molecule has 0 saturated carbocycles. The maximum absolute atomic E-state index is 13.9. The third-order valence-electron chi connectivity index (χ3n) is 4.33. The summed E-state index contributed by atoms with van der Waals surface area (Å²) in [6, 6.07) is 6.25. The van der Waals surface area contributed by atoms with Crippen molar-refractivity contribution in [2.45, 2.75) is 25.4 Å². The van der Waals surface area contributed by atoms with Crippen LogP contribution in [0.1, 0.15) is 20.3 Å². The Morgan fingerprint density at radius 3 is 2.64 bits per heavy atom. The lowest BCUT2D eigenvalue weighted by Crippen LogP contribution is -2.43. The van der Waals surface area contributed by atoms with Crippen LogP contribution in [0.25, 0.3) is 11.4 Å². The first-order valence-electron chi connectivity index (χ1n) is 8.31. The number of hydrogen-bond donors (Lipinski definition) is 1. The number of carbonyl (C=O) groups excluding carboxylic acids is 1. The fourth-order valence-electron chi connectivity index (χ4n) is 3.29. The summed E-state index contributed by atoms with van der Waals surface area (Å²) in [7, 11) is 0. The van der Waals surface area contributed by atoms with Crippen LogP contribution in [0.2, 0.25) is 0 Å². The van der Waals surface area contributed by atoms with E-state index >= 15 is 0 Å². The molecule has 2 heterocycles. The molecule has 1 saturated heterocycles. The van der Waals surface area contributed by atoms with Crippen molar-refractivity contribution in [3.8, 4) is 11.4 Å². The number of thioether (sulfide) groups is 1. The van der Waals surface area contributed by atoms with Crippen molar-refractivity contribution in [3.63, 3.8) is 0 Å². The summed E-state index contributed by atoms with van der Waals surface area (Å²) >= 11 is 1.22. The van der Waals surface area contributed by atoms with Crippen molar-refractivity contribution in [3.05, 3.63) is 30.1 Å². The Morgan fingerprint density at radius 2 is 1.96 bits per heavy atom. The van der Waals surface area contributed by atoms with E-state index in [1.165, 1.54) is 22.5 Å². The highest BCUT2D eigenvalue weighted by Crippen LogP contribution is 2.25. The molecular weight excluding hydrogens is 341 g/mol. The summed E-state index contributed by atoms with van der Waals surface area (Å²) < 4.78 is 15.1. The Kier molecular flexibility index (Phi) is 5.27. The predicted molar refractivity (Wildman–Crippen MR) is 95.8 cm³/mol. The summed E-state index contributed by atoms with van der Waals surface area (Å²) in [5.74, 6) is 7.17. The van der Waals surface area contributed by atoms with Gasteiger partial charge in [-0.05, 0) is 30.4 Å². The molecule has 1 aliphatic heterocycles. The number of nitrogens with zero attached hydrogens (tertiary/aromatic N) is 4. The Bertz CT molecular complexity index is 755. The number of rotatable bonds is 4. The van der Waals surface area contributed by atoms with Crippen molar-refractivity contribution in [1.82, 2.24) is 19.8 Å². The molecule has 0 spiro atoms. The van der Waals surface area contributed by atoms with Crippen LogP contribution in [-0.4, -0.2) is 44.5 Å². The van der Waals surface area contributed by atoms with Crippen LogP contribution in [0.3, 0.4) is 0 Å². The predicted octanol–water partition coefficient (Wildman–Crippen LogP) is 2.39. The average molecular weight is 363 g/mol. The second-order valence-electron chi connectivity index (χ2n) is 6.69. The normalized spacial score (nSPS) is 20.7. The van der Waals surface area contributed by atoms with E-state index in [1.807, 2.05) is 4.90 Å². The number of carbonyl (C=O) groups is 1. The smallest absolute Gasteiger partial charge is 0.233 e. The van der Waals surface area contributed by atoms with Crippen molar-refractivity contribution < 1.29 is 9.18 Å². The van der Waals surface area contributed by atoms with Crippen LogP contribution in [0, 0.1) is 17.7 Å². The van der Waals surface area contributed by atoms with Gasteiger partial charge in [0, 0.05) is 13.1 Å². The highest BCUT2D eigenvalue weighted by Gasteiger charge is 2.26. The fraction of sp³-hybridized carbons (Fsp3) is 0.471. The molecule has 1 aromatic heterocycles.